The fraction of sp³-hybridized carbons (Fsp3) is 0.400. The molecule has 138 valence electrons. The fourth-order valence-electron chi connectivity index (χ4n) is 3.79. The molecule has 26 heavy (non-hydrogen) atoms. The summed E-state index contributed by atoms with van der Waals surface area (Å²) in [5.74, 6) is -1.07. The van der Waals surface area contributed by atoms with Crippen LogP contribution in [0.4, 0.5) is 25.8 Å². The van der Waals surface area contributed by atoms with Crippen LogP contribution in [-0.2, 0) is 6.54 Å². The predicted molar refractivity (Wildman–Crippen MR) is 101 cm³/mol. The molecule has 2 aliphatic rings. The number of halogens is 2. The van der Waals surface area contributed by atoms with E-state index in [1.807, 2.05) is 4.90 Å². The molecule has 0 amide bonds. The summed E-state index contributed by atoms with van der Waals surface area (Å²) in [6, 6.07) is 10.2. The molecule has 0 aliphatic carbocycles. The Bertz CT molecular complexity index is 789. The summed E-state index contributed by atoms with van der Waals surface area (Å²) >= 11 is 0. The maximum atomic E-state index is 14.4. The number of benzene rings is 2. The Hall–Kier alpha value is -2.18. The van der Waals surface area contributed by atoms with Crippen LogP contribution in [0.1, 0.15) is 5.56 Å². The first-order chi connectivity index (χ1) is 12.6. The predicted octanol–water partition coefficient (Wildman–Crippen LogP) is 2.96. The maximum absolute atomic E-state index is 14.4. The van der Waals surface area contributed by atoms with E-state index in [4.69, 9.17) is 0 Å². The van der Waals surface area contributed by atoms with E-state index in [9.17, 15) is 8.78 Å². The zero-order valence-electron chi connectivity index (χ0n) is 15.0. The Morgan fingerprint density at radius 3 is 2.42 bits per heavy atom. The first kappa shape index (κ1) is 17.2. The standard InChI is InChI=1S/C20H24F2N4/c1-24-10-11-26(20-4-2-16(21)13-18(20)22)19-5-3-17(12-15(19)14-24)25-8-6-23-7-9-25/h2-5,12-13,23H,6-11,14H2,1H3. The van der Waals surface area contributed by atoms with E-state index in [2.05, 4.69) is 40.4 Å². The molecule has 1 saturated heterocycles. The highest BCUT2D eigenvalue weighted by atomic mass is 19.1. The van der Waals surface area contributed by atoms with E-state index < -0.39 is 11.6 Å². The smallest absolute Gasteiger partial charge is 0.149 e. The number of nitrogens with zero attached hydrogens (tertiary/aromatic N) is 3. The molecule has 6 heteroatoms. The van der Waals surface area contributed by atoms with Crippen LogP contribution in [0.2, 0.25) is 0 Å². The summed E-state index contributed by atoms with van der Waals surface area (Å²) in [6.45, 7) is 6.26. The van der Waals surface area contributed by atoms with E-state index in [0.29, 0.717) is 12.2 Å². The minimum absolute atomic E-state index is 0.429. The number of rotatable bonds is 2. The normalized spacial score (nSPS) is 18.6. The number of likely N-dealkylation sites (N-methyl/N-ethyl adjacent to an activating group) is 1. The lowest BCUT2D eigenvalue weighted by atomic mass is 10.1. The lowest BCUT2D eigenvalue weighted by molar-refractivity contribution is 0.343. The molecule has 0 radical (unpaired) electrons. The highest BCUT2D eigenvalue weighted by Gasteiger charge is 2.23. The zero-order valence-corrected chi connectivity index (χ0v) is 15.0. The van der Waals surface area contributed by atoms with E-state index in [0.717, 1.165) is 51.0 Å². The lowest BCUT2D eigenvalue weighted by Crippen LogP contribution is -2.43. The van der Waals surface area contributed by atoms with Crippen molar-refractivity contribution >= 4 is 17.1 Å². The van der Waals surface area contributed by atoms with Crippen molar-refractivity contribution in [2.75, 3.05) is 56.1 Å². The van der Waals surface area contributed by atoms with Gasteiger partial charge in [0.2, 0.25) is 0 Å². The first-order valence-electron chi connectivity index (χ1n) is 9.11. The van der Waals surface area contributed by atoms with Gasteiger partial charge in [-0.25, -0.2) is 8.78 Å². The number of nitrogens with one attached hydrogen (secondary N) is 1. The molecule has 0 atom stereocenters. The molecule has 0 aromatic heterocycles. The quantitative estimate of drug-likeness (QED) is 0.891. The van der Waals surface area contributed by atoms with E-state index in [-0.39, 0.29) is 0 Å². The molecule has 2 aromatic rings. The highest BCUT2D eigenvalue weighted by Crippen LogP contribution is 2.35. The molecule has 4 rings (SSSR count). The lowest BCUT2D eigenvalue weighted by Gasteiger charge is -2.31. The van der Waals surface area contributed by atoms with Gasteiger partial charge in [0.1, 0.15) is 11.6 Å². The molecule has 4 nitrogen and oxygen atoms in total. The summed E-state index contributed by atoms with van der Waals surface area (Å²) in [5, 5.41) is 3.37. The Morgan fingerprint density at radius 2 is 1.65 bits per heavy atom. The van der Waals surface area contributed by atoms with E-state index in [1.54, 1.807) is 0 Å². The molecule has 2 aliphatic heterocycles. The van der Waals surface area contributed by atoms with Crippen molar-refractivity contribution in [1.82, 2.24) is 10.2 Å². The van der Waals surface area contributed by atoms with Crippen LogP contribution < -0.4 is 15.1 Å². The Balaban J connectivity index is 1.73. The SMILES string of the molecule is CN1CCN(c2ccc(F)cc2F)c2ccc(N3CCNCC3)cc2C1. The van der Waals surface area contributed by atoms with Gasteiger partial charge >= 0.3 is 0 Å². The topological polar surface area (TPSA) is 21.8 Å². The molecular weight excluding hydrogens is 334 g/mol. The van der Waals surface area contributed by atoms with Gasteiger partial charge in [-0.1, -0.05) is 0 Å². The molecule has 0 unspecified atom stereocenters. The Labute approximate surface area is 153 Å². The van der Waals surface area contributed by atoms with Crippen molar-refractivity contribution in [3.8, 4) is 0 Å². The van der Waals surface area contributed by atoms with Crippen LogP contribution in [0, 0.1) is 11.6 Å². The summed E-state index contributed by atoms with van der Waals surface area (Å²) in [7, 11) is 2.08. The van der Waals surface area contributed by atoms with E-state index >= 15 is 0 Å². The van der Waals surface area contributed by atoms with Crippen LogP contribution in [0.3, 0.4) is 0 Å². The van der Waals surface area contributed by atoms with Gasteiger partial charge in [-0.2, -0.15) is 0 Å². The van der Waals surface area contributed by atoms with Gasteiger partial charge in [0.05, 0.1) is 5.69 Å². The molecule has 2 heterocycles. The first-order valence-corrected chi connectivity index (χ1v) is 9.11. The summed E-state index contributed by atoms with van der Waals surface area (Å²) in [5.41, 5.74) is 3.81. The maximum Gasteiger partial charge on any atom is 0.149 e. The van der Waals surface area contributed by atoms with Gasteiger partial charge in [0.25, 0.3) is 0 Å². The average molecular weight is 358 g/mol. The Morgan fingerprint density at radius 1 is 0.885 bits per heavy atom. The van der Waals surface area contributed by atoms with Crippen LogP contribution in [0.5, 0.6) is 0 Å². The van der Waals surface area contributed by atoms with Gasteiger partial charge in [-0.05, 0) is 42.9 Å². The van der Waals surface area contributed by atoms with Gasteiger partial charge < -0.3 is 20.0 Å². The zero-order chi connectivity index (χ0) is 18.1. The van der Waals surface area contributed by atoms with Gasteiger partial charge in [0, 0.05) is 63.3 Å². The summed E-state index contributed by atoms with van der Waals surface area (Å²) < 4.78 is 27.8. The molecular formula is C20H24F2N4. The molecule has 0 bridgehead atoms. The number of fused-ring (bicyclic) bond motifs is 1. The molecule has 2 aromatic carbocycles. The van der Waals surface area contributed by atoms with Crippen molar-refractivity contribution in [1.29, 1.82) is 0 Å². The highest BCUT2D eigenvalue weighted by molar-refractivity contribution is 5.70. The van der Waals surface area contributed by atoms with Crippen LogP contribution in [0.25, 0.3) is 0 Å². The number of piperazine rings is 1. The number of anilines is 3. The van der Waals surface area contributed by atoms with Crippen LogP contribution in [0.15, 0.2) is 36.4 Å². The summed E-state index contributed by atoms with van der Waals surface area (Å²) in [6.07, 6.45) is 0. The van der Waals surface area contributed by atoms with Gasteiger partial charge in [-0.15, -0.1) is 0 Å². The second-order valence-electron chi connectivity index (χ2n) is 7.04. The minimum atomic E-state index is -0.549. The third-order valence-electron chi connectivity index (χ3n) is 5.18. The average Bonchev–Trinajstić information content (AvgIpc) is 2.80. The second kappa shape index (κ2) is 7.21. The van der Waals surface area contributed by atoms with Crippen molar-refractivity contribution in [2.45, 2.75) is 6.54 Å². The number of hydrogen-bond acceptors (Lipinski definition) is 4. The minimum Gasteiger partial charge on any atom is -0.369 e. The van der Waals surface area contributed by atoms with Gasteiger partial charge in [-0.3, -0.25) is 0 Å². The van der Waals surface area contributed by atoms with Gasteiger partial charge in [0.15, 0.2) is 0 Å². The largest absolute Gasteiger partial charge is 0.369 e. The van der Waals surface area contributed by atoms with Crippen LogP contribution in [-0.4, -0.2) is 51.2 Å². The molecule has 1 N–H and O–H groups in total. The Kier molecular flexibility index (Phi) is 4.78. The van der Waals surface area contributed by atoms with Crippen LogP contribution >= 0.6 is 0 Å². The molecule has 1 fully saturated rings. The summed E-state index contributed by atoms with van der Waals surface area (Å²) in [4.78, 5) is 6.58. The molecule has 0 spiro atoms. The van der Waals surface area contributed by atoms with Crippen molar-refractivity contribution < 1.29 is 8.78 Å². The monoisotopic (exact) mass is 358 g/mol. The fourth-order valence-corrected chi connectivity index (χ4v) is 3.79. The third kappa shape index (κ3) is 3.39. The van der Waals surface area contributed by atoms with E-state index in [1.165, 1.54) is 23.4 Å². The van der Waals surface area contributed by atoms with Crippen molar-refractivity contribution in [2.24, 2.45) is 0 Å². The number of hydrogen-bond donors (Lipinski definition) is 1. The molecule has 0 saturated carbocycles. The third-order valence-corrected chi connectivity index (χ3v) is 5.18. The van der Waals surface area contributed by atoms with Crippen molar-refractivity contribution in [3.63, 3.8) is 0 Å². The second-order valence-corrected chi connectivity index (χ2v) is 7.04. The van der Waals surface area contributed by atoms with Crippen molar-refractivity contribution in [3.05, 3.63) is 53.6 Å².